The average molecular weight is 171 g/mol. The summed E-state index contributed by atoms with van der Waals surface area (Å²) in [5.74, 6) is -0.297. The number of ether oxygens (including phenoxy) is 1. The lowest BCUT2D eigenvalue weighted by atomic mass is 10.2. The van der Waals surface area contributed by atoms with Crippen LogP contribution in [0, 0.1) is 13.8 Å². The first-order valence-corrected chi connectivity index (χ1v) is 3.95. The number of rotatable bonds is 1. The molecule has 0 saturated heterocycles. The lowest BCUT2D eigenvalue weighted by molar-refractivity contribution is 0.0599. The van der Waals surface area contributed by atoms with Crippen molar-refractivity contribution in [3.8, 4) is 0 Å². The molecule has 0 unspecified atom stereocenters. The van der Waals surface area contributed by atoms with Gasteiger partial charge < -0.3 is 4.74 Å². The quantitative estimate of drug-likeness (QED) is 0.602. The minimum absolute atomic E-state index is 0.297. The van der Waals surface area contributed by atoms with Gasteiger partial charge >= 0.3 is 5.97 Å². The zero-order valence-electron chi connectivity index (χ0n) is 6.67. The van der Waals surface area contributed by atoms with Crippen molar-refractivity contribution in [2.45, 2.75) is 13.8 Å². The third-order valence-corrected chi connectivity index (χ3v) is 2.27. The molecule has 0 aliphatic heterocycles. The van der Waals surface area contributed by atoms with Crippen LogP contribution in [0.5, 0.6) is 0 Å². The van der Waals surface area contributed by atoms with Crippen LogP contribution in [-0.2, 0) is 4.74 Å². The number of esters is 1. The molecule has 4 heteroatoms. The molecule has 0 amide bonds. The van der Waals surface area contributed by atoms with Gasteiger partial charge in [0.1, 0.15) is 0 Å². The zero-order valence-corrected chi connectivity index (χ0v) is 7.49. The first kappa shape index (κ1) is 8.20. The van der Waals surface area contributed by atoms with Gasteiger partial charge in [-0.25, -0.2) is 4.79 Å². The van der Waals surface area contributed by atoms with Gasteiger partial charge in [-0.1, -0.05) is 0 Å². The Hall–Kier alpha value is -0.900. The van der Waals surface area contributed by atoms with Crippen molar-refractivity contribution in [3.05, 3.63) is 16.1 Å². The summed E-state index contributed by atoms with van der Waals surface area (Å²) in [6.07, 6.45) is 0. The number of methoxy groups -OCH3 is 1. The highest BCUT2D eigenvalue weighted by atomic mass is 32.1. The Morgan fingerprint density at radius 1 is 1.55 bits per heavy atom. The Bertz CT molecular complexity index is 260. The summed E-state index contributed by atoms with van der Waals surface area (Å²) >= 11 is 1.32. The third kappa shape index (κ3) is 1.40. The van der Waals surface area contributed by atoms with E-state index in [0.29, 0.717) is 5.56 Å². The standard InChI is InChI=1S/C7H9NO2S/c1-4-6(7(9)10-3)5(2)11-8-4/h1-3H3. The van der Waals surface area contributed by atoms with E-state index in [4.69, 9.17) is 0 Å². The van der Waals surface area contributed by atoms with E-state index >= 15 is 0 Å². The summed E-state index contributed by atoms with van der Waals surface area (Å²) in [5, 5.41) is 0. The van der Waals surface area contributed by atoms with E-state index in [-0.39, 0.29) is 5.97 Å². The minimum atomic E-state index is -0.297. The predicted octanol–water partition coefficient (Wildman–Crippen LogP) is 1.55. The number of hydrogen-bond donors (Lipinski definition) is 0. The topological polar surface area (TPSA) is 39.2 Å². The van der Waals surface area contributed by atoms with Crippen molar-refractivity contribution in [2.24, 2.45) is 0 Å². The van der Waals surface area contributed by atoms with E-state index in [2.05, 4.69) is 9.11 Å². The second-order valence-corrected chi connectivity index (χ2v) is 3.17. The van der Waals surface area contributed by atoms with E-state index in [0.717, 1.165) is 10.6 Å². The number of aromatic nitrogens is 1. The molecule has 60 valence electrons. The number of carbonyl (C=O) groups is 1. The van der Waals surface area contributed by atoms with Gasteiger partial charge in [0.15, 0.2) is 0 Å². The monoisotopic (exact) mass is 171 g/mol. The molecule has 1 aromatic heterocycles. The average Bonchev–Trinajstić information content (AvgIpc) is 2.30. The molecule has 1 rings (SSSR count). The second kappa shape index (κ2) is 3.00. The lowest BCUT2D eigenvalue weighted by Crippen LogP contribution is -2.03. The molecule has 0 radical (unpaired) electrons. The number of aryl methyl sites for hydroxylation is 2. The highest BCUT2D eigenvalue weighted by Crippen LogP contribution is 2.17. The first-order valence-electron chi connectivity index (χ1n) is 3.18. The molecule has 0 bridgehead atoms. The minimum Gasteiger partial charge on any atom is -0.465 e. The van der Waals surface area contributed by atoms with Gasteiger partial charge in [-0.2, -0.15) is 4.37 Å². The van der Waals surface area contributed by atoms with Gasteiger partial charge in [-0.3, -0.25) is 0 Å². The summed E-state index contributed by atoms with van der Waals surface area (Å²) < 4.78 is 8.61. The van der Waals surface area contributed by atoms with Crippen LogP contribution in [0.1, 0.15) is 20.9 Å². The molecule has 0 fully saturated rings. The second-order valence-electron chi connectivity index (χ2n) is 2.19. The van der Waals surface area contributed by atoms with Gasteiger partial charge in [0.2, 0.25) is 0 Å². The lowest BCUT2D eigenvalue weighted by Gasteiger charge is -1.96. The Balaban J connectivity index is 3.10. The normalized spacial score (nSPS) is 9.73. The van der Waals surface area contributed by atoms with Crippen molar-refractivity contribution < 1.29 is 9.53 Å². The van der Waals surface area contributed by atoms with Crippen molar-refractivity contribution in [2.75, 3.05) is 7.11 Å². The molecular formula is C7H9NO2S. The summed E-state index contributed by atoms with van der Waals surface area (Å²) in [6, 6.07) is 0. The summed E-state index contributed by atoms with van der Waals surface area (Å²) in [5.41, 5.74) is 1.36. The van der Waals surface area contributed by atoms with Crippen molar-refractivity contribution in [3.63, 3.8) is 0 Å². The Morgan fingerprint density at radius 2 is 2.18 bits per heavy atom. The molecule has 0 aliphatic carbocycles. The van der Waals surface area contributed by atoms with Crippen LogP contribution in [-0.4, -0.2) is 17.5 Å². The van der Waals surface area contributed by atoms with E-state index in [1.807, 2.05) is 6.92 Å². The first-order chi connectivity index (χ1) is 5.16. The zero-order chi connectivity index (χ0) is 8.43. The molecule has 1 aromatic rings. The molecule has 3 nitrogen and oxygen atoms in total. The van der Waals surface area contributed by atoms with Crippen LogP contribution in [0.25, 0.3) is 0 Å². The predicted molar refractivity (Wildman–Crippen MR) is 42.9 cm³/mol. The van der Waals surface area contributed by atoms with Crippen LogP contribution in [0.2, 0.25) is 0 Å². The number of carbonyl (C=O) groups excluding carboxylic acids is 1. The molecule has 11 heavy (non-hydrogen) atoms. The van der Waals surface area contributed by atoms with E-state index in [1.165, 1.54) is 18.6 Å². The molecule has 0 aliphatic rings. The summed E-state index contributed by atoms with van der Waals surface area (Å²) in [7, 11) is 1.37. The Kier molecular flexibility index (Phi) is 2.24. The largest absolute Gasteiger partial charge is 0.465 e. The van der Waals surface area contributed by atoms with Gasteiger partial charge in [-0.05, 0) is 25.4 Å². The van der Waals surface area contributed by atoms with Crippen LogP contribution >= 0.6 is 11.5 Å². The highest BCUT2D eigenvalue weighted by Gasteiger charge is 2.14. The van der Waals surface area contributed by atoms with Crippen LogP contribution in [0.4, 0.5) is 0 Å². The summed E-state index contributed by atoms with van der Waals surface area (Å²) in [6.45, 7) is 3.66. The molecule has 0 N–H and O–H groups in total. The molecule has 0 aromatic carbocycles. The molecule has 1 heterocycles. The molecular weight excluding hydrogens is 162 g/mol. The maximum Gasteiger partial charge on any atom is 0.340 e. The highest BCUT2D eigenvalue weighted by molar-refractivity contribution is 7.06. The van der Waals surface area contributed by atoms with Crippen molar-refractivity contribution in [1.29, 1.82) is 0 Å². The fourth-order valence-corrected chi connectivity index (χ4v) is 1.56. The smallest absolute Gasteiger partial charge is 0.340 e. The van der Waals surface area contributed by atoms with Crippen molar-refractivity contribution >= 4 is 17.5 Å². The van der Waals surface area contributed by atoms with Gasteiger partial charge in [0.25, 0.3) is 0 Å². The molecule has 0 saturated carbocycles. The van der Waals surface area contributed by atoms with Gasteiger partial charge in [0.05, 0.1) is 18.4 Å². The fourth-order valence-electron chi connectivity index (χ4n) is 0.876. The van der Waals surface area contributed by atoms with Crippen molar-refractivity contribution in [1.82, 2.24) is 4.37 Å². The number of nitrogens with zero attached hydrogens (tertiary/aromatic N) is 1. The van der Waals surface area contributed by atoms with E-state index in [9.17, 15) is 4.79 Å². The Morgan fingerprint density at radius 3 is 2.55 bits per heavy atom. The number of hydrogen-bond acceptors (Lipinski definition) is 4. The SMILES string of the molecule is COC(=O)c1c(C)nsc1C. The van der Waals surface area contributed by atoms with E-state index < -0.39 is 0 Å². The Labute approximate surface area is 69.2 Å². The van der Waals surface area contributed by atoms with Crippen LogP contribution < -0.4 is 0 Å². The van der Waals surface area contributed by atoms with Gasteiger partial charge in [-0.15, -0.1) is 0 Å². The third-order valence-electron chi connectivity index (χ3n) is 1.42. The maximum atomic E-state index is 11.1. The maximum absolute atomic E-state index is 11.1. The van der Waals surface area contributed by atoms with Crippen LogP contribution in [0.15, 0.2) is 0 Å². The van der Waals surface area contributed by atoms with Crippen LogP contribution in [0.3, 0.4) is 0 Å². The van der Waals surface area contributed by atoms with E-state index in [1.54, 1.807) is 6.92 Å². The molecule has 0 atom stereocenters. The molecule has 0 spiro atoms. The summed E-state index contributed by atoms with van der Waals surface area (Å²) in [4.78, 5) is 12.0. The van der Waals surface area contributed by atoms with Gasteiger partial charge in [0, 0.05) is 4.88 Å². The fraction of sp³-hybridized carbons (Fsp3) is 0.429.